The van der Waals surface area contributed by atoms with Crippen LogP contribution in [0.2, 0.25) is 0 Å². The van der Waals surface area contributed by atoms with E-state index in [1.54, 1.807) is 0 Å². The molecule has 2 fully saturated rings. The first-order valence-corrected chi connectivity index (χ1v) is 5.91. The summed E-state index contributed by atoms with van der Waals surface area (Å²) in [5.74, 6) is 0. The second kappa shape index (κ2) is 4.51. The Morgan fingerprint density at radius 2 is 2.07 bits per heavy atom. The molecule has 0 amide bonds. The molecule has 0 aromatic carbocycles. The predicted molar refractivity (Wildman–Crippen MR) is 58.4 cm³/mol. The fraction of sp³-hybridized carbons (Fsp3) is 0.917. The molecule has 15 heavy (non-hydrogen) atoms. The number of nitrogens with zero attached hydrogens (tertiary/aromatic N) is 2. The fourth-order valence-corrected chi connectivity index (χ4v) is 2.52. The predicted octanol–water partition coefficient (Wildman–Crippen LogP) is 1.79. The molecule has 1 aliphatic carbocycles. The molecule has 1 heterocycles. The molecular weight excluding hydrogens is 188 g/mol. The first-order valence-electron chi connectivity index (χ1n) is 5.91. The van der Waals surface area contributed by atoms with Crippen LogP contribution in [0.15, 0.2) is 0 Å². The molecule has 0 unspecified atom stereocenters. The Labute approximate surface area is 92.0 Å². The minimum Gasteiger partial charge on any atom is -0.381 e. The Kier molecular flexibility index (Phi) is 3.28. The first-order chi connectivity index (χ1) is 7.26. The van der Waals surface area contributed by atoms with E-state index >= 15 is 0 Å². The molecule has 0 bridgehead atoms. The molecule has 2 aliphatic rings. The molecule has 0 atom stereocenters. The molecule has 0 radical (unpaired) electrons. The maximum absolute atomic E-state index is 8.78. The Morgan fingerprint density at radius 1 is 1.40 bits per heavy atom. The molecule has 1 saturated carbocycles. The van der Waals surface area contributed by atoms with Gasteiger partial charge in [-0.25, -0.2) is 0 Å². The van der Waals surface area contributed by atoms with Crippen molar-refractivity contribution >= 4 is 0 Å². The van der Waals surface area contributed by atoms with E-state index in [4.69, 9.17) is 10.00 Å². The lowest BCUT2D eigenvalue weighted by Crippen LogP contribution is -2.39. The number of hydrogen-bond donors (Lipinski definition) is 0. The molecule has 3 heteroatoms. The van der Waals surface area contributed by atoms with Crippen molar-refractivity contribution in [2.75, 3.05) is 26.8 Å². The third-order valence-corrected chi connectivity index (χ3v) is 3.81. The highest BCUT2D eigenvalue weighted by Gasteiger charge is 2.43. The van der Waals surface area contributed by atoms with E-state index in [1.807, 2.05) is 0 Å². The standard InChI is InChI=1S/C12H20N2O/c1-14(11-2-8-15-9-3-11)10-12(4-5-12)6-7-13/h11H,2-6,8-10H2,1H3. The summed E-state index contributed by atoms with van der Waals surface area (Å²) in [4.78, 5) is 2.45. The van der Waals surface area contributed by atoms with E-state index in [0.29, 0.717) is 11.5 Å². The van der Waals surface area contributed by atoms with Crippen LogP contribution in [-0.4, -0.2) is 37.7 Å². The molecule has 3 nitrogen and oxygen atoms in total. The van der Waals surface area contributed by atoms with Gasteiger partial charge in [-0.05, 0) is 38.1 Å². The molecular formula is C12H20N2O. The average Bonchev–Trinajstić information content (AvgIpc) is 3.00. The van der Waals surface area contributed by atoms with Crippen molar-refractivity contribution in [1.29, 1.82) is 5.26 Å². The highest BCUT2D eigenvalue weighted by Crippen LogP contribution is 2.49. The Morgan fingerprint density at radius 3 is 2.60 bits per heavy atom. The van der Waals surface area contributed by atoms with Gasteiger partial charge in [-0.15, -0.1) is 0 Å². The molecule has 2 rings (SSSR count). The molecule has 0 N–H and O–H groups in total. The second-order valence-electron chi connectivity index (χ2n) is 5.09. The van der Waals surface area contributed by atoms with Gasteiger partial charge in [0.25, 0.3) is 0 Å². The Balaban J connectivity index is 1.81. The Hall–Kier alpha value is -0.590. The summed E-state index contributed by atoms with van der Waals surface area (Å²) in [5.41, 5.74) is 0.349. The largest absolute Gasteiger partial charge is 0.381 e. The van der Waals surface area contributed by atoms with Crippen LogP contribution in [-0.2, 0) is 4.74 Å². The van der Waals surface area contributed by atoms with Gasteiger partial charge < -0.3 is 9.64 Å². The summed E-state index contributed by atoms with van der Waals surface area (Å²) in [7, 11) is 2.20. The molecule has 84 valence electrons. The number of nitriles is 1. The van der Waals surface area contributed by atoms with Crippen molar-refractivity contribution in [3.05, 3.63) is 0 Å². The highest BCUT2D eigenvalue weighted by atomic mass is 16.5. The normalized spacial score (nSPS) is 25.1. The van der Waals surface area contributed by atoms with Crippen molar-refractivity contribution in [1.82, 2.24) is 4.90 Å². The van der Waals surface area contributed by atoms with Crippen LogP contribution in [0, 0.1) is 16.7 Å². The van der Waals surface area contributed by atoms with Gasteiger partial charge in [-0.3, -0.25) is 0 Å². The topological polar surface area (TPSA) is 36.3 Å². The summed E-state index contributed by atoms with van der Waals surface area (Å²) in [6.07, 6.45) is 5.53. The van der Waals surface area contributed by atoms with Crippen LogP contribution in [0.4, 0.5) is 0 Å². The lowest BCUT2D eigenvalue weighted by Gasteiger charge is -2.33. The van der Waals surface area contributed by atoms with Crippen molar-refractivity contribution < 1.29 is 4.74 Å². The maximum Gasteiger partial charge on any atom is 0.0628 e. The smallest absolute Gasteiger partial charge is 0.0628 e. The molecule has 0 aromatic heterocycles. The summed E-state index contributed by atoms with van der Waals surface area (Å²) in [6.45, 7) is 2.91. The minimum absolute atomic E-state index is 0.349. The lowest BCUT2D eigenvalue weighted by molar-refractivity contribution is 0.0369. The lowest BCUT2D eigenvalue weighted by atomic mass is 10.00. The third-order valence-electron chi connectivity index (χ3n) is 3.81. The minimum atomic E-state index is 0.349. The quantitative estimate of drug-likeness (QED) is 0.706. The zero-order valence-electron chi connectivity index (χ0n) is 9.54. The SMILES string of the molecule is CN(CC1(CC#N)CC1)C1CCOCC1. The molecule has 0 aromatic rings. The summed E-state index contributed by atoms with van der Waals surface area (Å²) < 4.78 is 5.36. The van der Waals surface area contributed by atoms with Gasteiger partial charge >= 0.3 is 0 Å². The summed E-state index contributed by atoms with van der Waals surface area (Å²) in [5, 5.41) is 8.78. The van der Waals surface area contributed by atoms with E-state index in [-0.39, 0.29) is 0 Å². The Bertz CT molecular complexity index is 249. The van der Waals surface area contributed by atoms with Gasteiger partial charge in [-0.2, -0.15) is 5.26 Å². The second-order valence-corrected chi connectivity index (χ2v) is 5.09. The third kappa shape index (κ3) is 2.70. The van der Waals surface area contributed by atoms with Crippen LogP contribution < -0.4 is 0 Å². The zero-order chi connectivity index (χ0) is 10.7. The van der Waals surface area contributed by atoms with Crippen LogP contribution in [0.5, 0.6) is 0 Å². The number of hydrogen-bond acceptors (Lipinski definition) is 3. The van der Waals surface area contributed by atoms with Crippen molar-refractivity contribution in [3.8, 4) is 6.07 Å². The van der Waals surface area contributed by atoms with Crippen LogP contribution in [0.1, 0.15) is 32.1 Å². The van der Waals surface area contributed by atoms with E-state index in [2.05, 4.69) is 18.0 Å². The van der Waals surface area contributed by atoms with Crippen molar-refractivity contribution in [2.45, 2.75) is 38.1 Å². The van der Waals surface area contributed by atoms with Gasteiger partial charge in [0, 0.05) is 32.2 Å². The monoisotopic (exact) mass is 208 g/mol. The van der Waals surface area contributed by atoms with Gasteiger partial charge in [-0.1, -0.05) is 0 Å². The highest BCUT2D eigenvalue weighted by molar-refractivity contribution is 5.01. The summed E-state index contributed by atoms with van der Waals surface area (Å²) in [6, 6.07) is 3.00. The van der Waals surface area contributed by atoms with Crippen LogP contribution >= 0.6 is 0 Å². The van der Waals surface area contributed by atoms with Gasteiger partial charge in [0.15, 0.2) is 0 Å². The van der Waals surface area contributed by atoms with Crippen molar-refractivity contribution in [2.24, 2.45) is 5.41 Å². The first kappa shape index (κ1) is 10.9. The molecule has 1 aliphatic heterocycles. The van der Waals surface area contributed by atoms with Gasteiger partial charge in [0.05, 0.1) is 6.07 Å². The van der Waals surface area contributed by atoms with Gasteiger partial charge in [0.1, 0.15) is 0 Å². The van der Waals surface area contributed by atoms with E-state index in [9.17, 15) is 0 Å². The van der Waals surface area contributed by atoms with E-state index < -0.39 is 0 Å². The summed E-state index contributed by atoms with van der Waals surface area (Å²) >= 11 is 0. The zero-order valence-corrected chi connectivity index (χ0v) is 9.54. The van der Waals surface area contributed by atoms with Crippen molar-refractivity contribution in [3.63, 3.8) is 0 Å². The molecule has 0 spiro atoms. The van der Waals surface area contributed by atoms with Crippen LogP contribution in [0.3, 0.4) is 0 Å². The van der Waals surface area contributed by atoms with Crippen LogP contribution in [0.25, 0.3) is 0 Å². The fourth-order valence-electron chi connectivity index (χ4n) is 2.52. The maximum atomic E-state index is 8.78. The van der Waals surface area contributed by atoms with E-state index in [0.717, 1.165) is 39.0 Å². The molecule has 1 saturated heterocycles. The number of rotatable bonds is 4. The van der Waals surface area contributed by atoms with E-state index in [1.165, 1.54) is 12.8 Å². The average molecular weight is 208 g/mol. The number of ether oxygens (including phenoxy) is 1. The van der Waals surface area contributed by atoms with Gasteiger partial charge in [0.2, 0.25) is 0 Å².